The Kier molecular flexibility index (Phi) is 12.1. The van der Waals surface area contributed by atoms with Gasteiger partial charge in [0.15, 0.2) is 0 Å². The molecule has 404 valence electrons. The zero-order chi connectivity index (χ0) is 55.4. The summed E-state index contributed by atoms with van der Waals surface area (Å²) in [6, 6.07) is 55.8. The second-order valence-corrected chi connectivity index (χ2v) is 30.6. The monoisotopic (exact) mass is 1060 g/mol. The third-order valence-electron chi connectivity index (χ3n) is 21.9. The molecule has 0 bridgehead atoms. The standard InChI is InChI=1S/C76H86BNS/c1-48-41-56(78-64-35-31-52(49-25-17-15-18-26-49)42-61(64)74(12)38-23-24-40-76(74,78)14)47-60-67-66-62(73(11)37-21-22-39-75(67,73)13)45-55(72(8,9)10)46-63(66)77(68(48)60)69-57(59-44-54(71(5,6)7)33-36-65(59)79-69)34-30-51-29-32-53(70(2,3)4)43-58(51)50-27-19-16-20-28-50/h15-20,25-29,31-33,35-36,41-47,67H,21-24,30,34,37-40H2,1-14H3. The minimum absolute atomic E-state index is 0.00194. The Labute approximate surface area is 479 Å². The second-order valence-electron chi connectivity index (χ2n) is 29.5. The summed E-state index contributed by atoms with van der Waals surface area (Å²) in [5.41, 5.74) is 26.8. The average Bonchev–Trinajstić information content (AvgIpc) is 2.11. The zero-order valence-electron chi connectivity index (χ0n) is 50.4. The van der Waals surface area contributed by atoms with E-state index in [1.165, 1.54) is 128 Å². The molecule has 2 fully saturated rings. The Balaban J connectivity index is 1.07. The lowest BCUT2D eigenvalue weighted by Gasteiger charge is -2.51. The first-order chi connectivity index (χ1) is 37.4. The number of fused-ring (bicyclic) bond motifs is 9. The molecule has 0 amide bonds. The number of hydrogen-bond donors (Lipinski definition) is 0. The number of benzene rings is 7. The van der Waals surface area contributed by atoms with E-state index < -0.39 is 0 Å². The average molecular weight is 1060 g/mol. The van der Waals surface area contributed by atoms with Gasteiger partial charge < -0.3 is 4.90 Å². The predicted octanol–water partition coefficient (Wildman–Crippen LogP) is 18.8. The molecule has 1 nitrogen and oxygen atoms in total. The van der Waals surface area contributed by atoms with Crippen molar-refractivity contribution < 1.29 is 0 Å². The van der Waals surface area contributed by atoms with Crippen LogP contribution in [0.4, 0.5) is 11.4 Å². The molecule has 1 aromatic heterocycles. The van der Waals surface area contributed by atoms with E-state index in [0.29, 0.717) is 5.92 Å². The molecule has 5 aliphatic rings. The number of aryl methyl sites for hydroxylation is 3. The summed E-state index contributed by atoms with van der Waals surface area (Å²) in [5.74, 6) is 0.315. The molecule has 0 radical (unpaired) electrons. The third kappa shape index (κ3) is 7.94. The van der Waals surface area contributed by atoms with E-state index >= 15 is 0 Å². The van der Waals surface area contributed by atoms with E-state index in [0.717, 1.165) is 12.8 Å². The maximum absolute atomic E-state index is 2.89. The highest BCUT2D eigenvalue weighted by molar-refractivity contribution is 7.32. The fraction of sp³-hybridized carbons (Fsp3) is 0.421. The Bertz CT molecular complexity index is 3730. The lowest BCUT2D eigenvalue weighted by atomic mass is 9.33. The van der Waals surface area contributed by atoms with Crippen LogP contribution in [-0.2, 0) is 39.9 Å². The van der Waals surface area contributed by atoms with E-state index in [1.807, 2.05) is 0 Å². The van der Waals surface area contributed by atoms with Gasteiger partial charge in [-0.05, 0) is 198 Å². The molecular weight excluding hydrogens is 970 g/mol. The Morgan fingerprint density at radius 2 is 1.19 bits per heavy atom. The first-order valence-electron chi connectivity index (χ1n) is 30.5. The van der Waals surface area contributed by atoms with Crippen LogP contribution in [0.3, 0.4) is 0 Å². The van der Waals surface area contributed by atoms with Crippen LogP contribution >= 0.6 is 11.3 Å². The molecule has 0 saturated heterocycles. The number of hydrogen-bond acceptors (Lipinski definition) is 2. The van der Waals surface area contributed by atoms with Crippen molar-refractivity contribution in [2.75, 3.05) is 4.90 Å². The summed E-state index contributed by atoms with van der Waals surface area (Å²) < 4.78 is 2.99. The van der Waals surface area contributed by atoms with Crippen molar-refractivity contribution in [3.8, 4) is 22.3 Å². The maximum atomic E-state index is 2.89. The fourth-order valence-corrected chi connectivity index (χ4v) is 18.2. The molecule has 3 heterocycles. The van der Waals surface area contributed by atoms with E-state index in [1.54, 1.807) is 38.0 Å². The van der Waals surface area contributed by atoms with Crippen molar-refractivity contribution in [3.63, 3.8) is 0 Å². The molecule has 8 aromatic rings. The predicted molar refractivity (Wildman–Crippen MR) is 344 cm³/mol. The number of nitrogens with zero attached hydrogens (tertiary/aromatic N) is 1. The van der Waals surface area contributed by atoms with Crippen LogP contribution in [0, 0.1) is 12.3 Å². The molecule has 2 saturated carbocycles. The molecule has 2 aliphatic heterocycles. The van der Waals surface area contributed by atoms with E-state index in [9.17, 15) is 0 Å². The van der Waals surface area contributed by atoms with Crippen molar-refractivity contribution in [3.05, 3.63) is 195 Å². The highest BCUT2D eigenvalue weighted by Crippen LogP contribution is 2.68. The quantitative estimate of drug-likeness (QED) is 0.144. The number of thiophene rings is 1. The smallest absolute Gasteiger partial charge is 0.255 e. The summed E-state index contributed by atoms with van der Waals surface area (Å²) in [6.07, 6.45) is 12.0. The maximum Gasteiger partial charge on any atom is 0.255 e. The molecule has 79 heavy (non-hydrogen) atoms. The van der Waals surface area contributed by atoms with Gasteiger partial charge in [0.2, 0.25) is 0 Å². The van der Waals surface area contributed by atoms with Gasteiger partial charge in [-0.1, -0.05) is 228 Å². The largest absolute Gasteiger partial charge is 0.334 e. The van der Waals surface area contributed by atoms with Crippen molar-refractivity contribution in [1.82, 2.24) is 0 Å². The van der Waals surface area contributed by atoms with Gasteiger partial charge in [-0.2, -0.15) is 0 Å². The Morgan fingerprint density at radius 3 is 1.89 bits per heavy atom. The van der Waals surface area contributed by atoms with Crippen LogP contribution in [0.25, 0.3) is 32.3 Å². The van der Waals surface area contributed by atoms with Gasteiger partial charge in [0.25, 0.3) is 6.71 Å². The van der Waals surface area contributed by atoms with E-state index in [2.05, 4.69) is 253 Å². The first-order valence-corrected chi connectivity index (χ1v) is 31.3. The van der Waals surface area contributed by atoms with Gasteiger partial charge in [-0.15, -0.1) is 11.3 Å². The Hall–Kier alpha value is -5.64. The molecule has 5 atom stereocenters. The minimum Gasteiger partial charge on any atom is -0.334 e. The molecular formula is C76H86BNS. The molecule has 3 heteroatoms. The lowest BCUT2D eigenvalue weighted by molar-refractivity contribution is 0.0925. The molecule has 5 unspecified atom stereocenters. The van der Waals surface area contributed by atoms with Crippen molar-refractivity contribution >= 4 is 55.2 Å². The Morgan fingerprint density at radius 1 is 0.557 bits per heavy atom. The summed E-state index contributed by atoms with van der Waals surface area (Å²) in [6.45, 7) is 35.0. The third-order valence-corrected chi connectivity index (χ3v) is 23.2. The fourth-order valence-electron chi connectivity index (χ4n) is 16.9. The van der Waals surface area contributed by atoms with Crippen LogP contribution in [0.15, 0.2) is 140 Å². The van der Waals surface area contributed by atoms with Crippen molar-refractivity contribution in [2.24, 2.45) is 5.41 Å². The van der Waals surface area contributed by atoms with Gasteiger partial charge in [0.1, 0.15) is 0 Å². The first kappa shape index (κ1) is 52.7. The normalized spacial score (nSPS) is 24.3. The van der Waals surface area contributed by atoms with Crippen LogP contribution in [0.5, 0.6) is 0 Å². The van der Waals surface area contributed by atoms with Crippen LogP contribution in [0.2, 0.25) is 0 Å². The summed E-state index contributed by atoms with van der Waals surface area (Å²) in [7, 11) is 0. The molecule has 13 rings (SSSR count). The summed E-state index contributed by atoms with van der Waals surface area (Å²) >= 11 is 2.11. The van der Waals surface area contributed by atoms with Crippen LogP contribution in [0.1, 0.15) is 203 Å². The summed E-state index contributed by atoms with van der Waals surface area (Å²) in [5, 5.41) is 1.46. The van der Waals surface area contributed by atoms with E-state index in [4.69, 9.17) is 0 Å². The van der Waals surface area contributed by atoms with Crippen molar-refractivity contribution in [2.45, 2.75) is 200 Å². The van der Waals surface area contributed by atoms with Gasteiger partial charge in [-0.25, -0.2) is 0 Å². The SMILES string of the molecule is Cc1cc(N2c3ccc(-c4ccccc4)cc3C3(C)CCCCC23C)cc2c1B(c1sc3ccc(C(C)(C)C)cc3c1CCc1ccc(C(C)(C)C)cc1-c1ccccc1)c1cc(C(C)(C)C)cc3c1C2C1(C)CCCCC31C. The number of rotatable bonds is 7. The topological polar surface area (TPSA) is 3.24 Å². The lowest BCUT2D eigenvalue weighted by Crippen LogP contribution is -2.60. The molecule has 0 spiro atoms. The van der Waals surface area contributed by atoms with E-state index in [-0.39, 0.29) is 44.7 Å². The molecule has 7 aromatic carbocycles. The van der Waals surface area contributed by atoms with Gasteiger partial charge in [0.05, 0.1) is 5.54 Å². The van der Waals surface area contributed by atoms with Gasteiger partial charge in [-0.3, -0.25) is 0 Å². The minimum atomic E-state index is -0.0612. The van der Waals surface area contributed by atoms with Crippen molar-refractivity contribution in [1.29, 1.82) is 0 Å². The number of anilines is 2. The molecule has 0 N–H and O–H groups in total. The van der Waals surface area contributed by atoms with Crippen LogP contribution in [-0.4, -0.2) is 12.3 Å². The van der Waals surface area contributed by atoms with Gasteiger partial charge in [0, 0.05) is 27.4 Å². The second kappa shape index (κ2) is 18.2. The molecule has 3 aliphatic carbocycles. The highest BCUT2D eigenvalue weighted by Gasteiger charge is 2.63. The van der Waals surface area contributed by atoms with Gasteiger partial charge >= 0.3 is 0 Å². The summed E-state index contributed by atoms with van der Waals surface area (Å²) in [4.78, 5) is 2.89. The van der Waals surface area contributed by atoms with Crippen LogP contribution < -0.4 is 20.6 Å². The highest BCUT2D eigenvalue weighted by atomic mass is 32.1. The zero-order valence-corrected chi connectivity index (χ0v) is 51.2.